The monoisotopic (exact) mass is 284 g/mol. The Balaban J connectivity index is 2.67. The summed E-state index contributed by atoms with van der Waals surface area (Å²) in [6, 6.07) is 0. The quantitative estimate of drug-likeness (QED) is 0.420. The van der Waals surface area contributed by atoms with Crippen LogP contribution in [0.25, 0.3) is 0 Å². The molecule has 0 unspecified atom stereocenters. The molecule has 0 aliphatic heterocycles. The van der Waals surface area contributed by atoms with Crippen LogP contribution >= 0.6 is 0 Å². The fourth-order valence-corrected chi connectivity index (χ4v) is 1.51. The molecule has 112 valence electrons. The summed E-state index contributed by atoms with van der Waals surface area (Å²) in [6.07, 6.45) is 2.04. The van der Waals surface area contributed by atoms with Crippen molar-refractivity contribution in [2.45, 2.75) is 26.7 Å². The van der Waals surface area contributed by atoms with Crippen LogP contribution in [0.5, 0.6) is 5.88 Å². The Morgan fingerprint density at radius 2 is 2.05 bits per heavy atom. The third-order valence-corrected chi connectivity index (χ3v) is 2.54. The minimum absolute atomic E-state index is 0.0362. The average Bonchev–Trinajstić information content (AvgIpc) is 2.41. The molecule has 1 aromatic heterocycles. The lowest BCUT2D eigenvalue weighted by Crippen LogP contribution is -2.11. The summed E-state index contributed by atoms with van der Waals surface area (Å²) in [6.45, 7) is 4.86. The van der Waals surface area contributed by atoms with Crippen LogP contribution in [0.4, 0.5) is 11.6 Å². The zero-order valence-electron chi connectivity index (χ0n) is 12.0. The van der Waals surface area contributed by atoms with Gasteiger partial charge in [0.05, 0.1) is 11.5 Å². The molecule has 0 saturated carbocycles. The van der Waals surface area contributed by atoms with Gasteiger partial charge in [0, 0.05) is 13.7 Å². The van der Waals surface area contributed by atoms with Crippen molar-refractivity contribution in [3.63, 3.8) is 0 Å². The third kappa shape index (κ3) is 4.61. The van der Waals surface area contributed by atoms with E-state index in [-0.39, 0.29) is 29.8 Å². The van der Waals surface area contributed by atoms with Gasteiger partial charge in [0.2, 0.25) is 5.95 Å². The van der Waals surface area contributed by atoms with Crippen molar-refractivity contribution in [3.05, 3.63) is 15.8 Å². The lowest BCUT2D eigenvalue weighted by atomic mass is 10.3. The first kappa shape index (κ1) is 16.1. The predicted molar refractivity (Wildman–Crippen MR) is 74.2 cm³/mol. The fourth-order valence-electron chi connectivity index (χ4n) is 1.51. The Bertz CT molecular complexity index is 453. The van der Waals surface area contributed by atoms with Crippen molar-refractivity contribution in [1.82, 2.24) is 9.97 Å². The molecule has 1 aromatic rings. The standard InChI is InChI=1S/C12H20N4O4/c1-4-5-6-19-7-8-20-11-10(16(17)18)9(2)14-12(13-3)15-11/h4-8H2,1-3H3,(H,13,14,15). The van der Waals surface area contributed by atoms with E-state index >= 15 is 0 Å². The smallest absolute Gasteiger partial charge is 0.352 e. The molecular weight excluding hydrogens is 264 g/mol. The van der Waals surface area contributed by atoms with Crippen LogP contribution in [0.2, 0.25) is 0 Å². The summed E-state index contributed by atoms with van der Waals surface area (Å²) in [5.74, 6) is 0.251. The topological polar surface area (TPSA) is 99.4 Å². The van der Waals surface area contributed by atoms with Gasteiger partial charge in [-0.3, -0.25) is 10.1 Å². The second kappa shape index (κ2) is 8.26. The molecule has 0 spiro atoms. The van der Waals surface area contributed by atoms with Gasteiger partial charge in [0.1, 0.15) is 12.3 Å². The highest BCUT2D eigenvalue weighted by atomic mass is 16.6. The molecule has 0 aromatic carbocycles. The minimum atomic E-state index is -0.540. The summed E-state index contributed by atoms with van der Waals surface area (Å²) in [4.78, 5) is 18.4. The number of hydrogen-bond acceptors (Lipinski definition) is 7. The molecule has 20 heavy (non-hydrogen) atoms. The Kier molecular flexibility index (Phi) is 6.65. The van der Waals surface area contributed by atoms with E-state index in [1.165, 1.54) is 0 Å². The molecule has 0 saturated heterocycles. The Morgan fingerprint density at radius 1 is 1.30 bits per heavy atom. The SMILES string of the molecule is CCCCOCCOc1nc(NC)nc(C)c1[N+](=O)[O-]. The van der Waals surface area contributed by atoms with Gasteiger partial charge >= 0.3 is 5.69 Å². The molecule has 0 bridgehead atoms. The highest BCUT2D eigenvalue weighted by Crippen LogP contribution is 2.28. The Morgan fingerprint density at radius 3 is 2.65 bits per heavy atom. The zero-order chi connectivity index (χ0) is 15.0. The first-order valence-corrected chi connectivity index (χ1v) is 6.51. The zero-order valence-corrected chi connectivity index (χ0v) is 12.0. The molecule has 0 radical (unpaired) electrons. The van der Waals surface area contributed by atoms with Crippen LogP contribution in [0.1, 0.15) is 25.5 Å². The van der Waals surface area contributed by atoms with E-state index in [2.05, 4.69) is 22.2 Å². The first-order valence-electron chi connectivity index (χ1n) is 6.51. The number of ether oxygens (including phenoxy) is 2. The maximum absolute atomic E-state index is 11.0. The van der Waals surface area contributed by atoms with Crippen LogP contribution in [0.15, 0.2) is 0 Å². The average molecular weight is 284 g/mol. The van der Waals surface area contributed by atoms with Gasteiger partial charge in [-0.2, -0.15) is 4.98 Å². The molecule has 0 aliphatic rings. The molecule has 1 N–H and O–H groups in total. The number of aryl methyl sites for hydroxylation is 1. The van der Waals surface area contributed by atoms with Crippen LogP contribution < -0.4 is 10.1 Å². The number of rotatable bonds is 9. The predicted octanol–water partition coefficient (Wildman–Crippen LogP) is 1.93. The largest absolute Gasteiger partial charge is 0.470 e. The number of nitro groups is 1. The van der Waals surface area contributed by atoms with E-state index < -0.39 is 4.92 Å². The molecule has 0 atom stereocenters. The second-order valence-electron chi connectivity index (χ2n) is 4.11. The van der Waals surface area contributed by atoms with Crippen LogP contribution in [-0.2, 0) is 4.74 Å². The van der Waals surface area contributed by atoms with E-state index in [1.807, 2.05) is 0 Å². The van der Waals surface area contributed by atoms with Crippen molar-refractivity contribution < 1.29 is 14.4 Å². The van der Waals surface area contributed by atoms with E-state index in [9.17, 15) is 10.1 Å². The van der Waals surface area contributed by atoms with Gasteiger partial charge in [0.15, 0.2) is 0 Å². The summed E-state index contributed by atoms with van der Waals surface area (Å²) in [5, 5.41) is 13.7. The molecule has 1 rings (SSSR count). The second-order valence-corrected chi connectivity index (χ2v) is 4.11. The van der Waals surface area contributed by atoms with Gasteiger partial charge < -0.3 is 14.8 Å². The van der Waals surface area contributed by atoms with Crippen molar-refractivity contribution in [1.29, 1.82) is 0 Å². The first-order chi connectivity index (χ1) is 9.60. The number of nitrogens with zero attached hydrogens (tertiary/aromatic N) is 3. The third-order valence-electron chi connectivity index (χ3n) is 2.54. The minimum Gasteiger partial charge on any atom is -0.470 e. The maximum atomic E-state index is 11.0. The normalized spacial score (nSPS) is 10.3. The van der Waals surface area contributed by atoms with Crippen molar-refractivity contribution >= 4 is 11.6 Å². The van der Waals surface area contributed by atoms with Crippen molar-refractivity contribution in [3.8, 4) is 5.88 Å². The maximum Gasteiger partial charge on any atom is 0.352 e. The summed E-state index contributed by atoms with van der Waals surface area (Å²) < 4.78 is 10.7. The molecule has 0 fully saturated rings. The number of hydrogen-bond donors (Lipinski definition) is 1. The summed E-state index contributed by atoms with van der Waals surface area (Å²) >= 11 is 0. The number of unbranched alkanes of at least 4 members (excludes halogenated alkanes) is 1. The molecule has 0 aliphatic carbocycles. The number of aromatic nitrogens is 2. The van der Waals surface area contributed by atoms with Gasteiger partial charge in [-0.1, -0.05) is 13.3 Å². The molecule has 0 amide bonds. The highest BCUT2D eigenvalue weighted by Gasteiger charge is 2.23. The van der Waals surface area contributed by atoms with E-state index in [0.717, 1.165) is 12.8 Å². The van der Waals surface area contributed by atoms with E-state index in [4.69, 9.17) is 9.47 Å². The molecular formula is C12H20N4O4. The fraction of sp³-hybridized carbons (Fsp3) is 0.667. The highest BCUT2D eigenvalue weighted by molar-refractivity contribution is 5.48. The Hall–Kier alpha value is -1.96. The Labute approximate surface area is 117 Å². The van der Waals surface area contributed by atoms with Crippen molar-refractivity contribution in [2.75, 3.05) is 32.2 Å². The van der Waals surface area contributed by atoms with Gasteiger partial charge in [-0.05, 0) is 13.3 Å². The van der Waals surface area contributed by atoms with Gasteiger partial charge in [-0.15, -0.1) is 0 Å². The molecule has 8 nitrogen and oxygen atoms in total. The van der Waals surface area contributed by atoms with Crippen molar-refractivity contribution in [2.24, 2.45) is 0 Å². The number of nitrogens with one attached hydrogen (secondary N) is 1. The summed E-state index contributed by atoms with van der Waals surface area (Å²) in [7, 11) is 1.64. The molecule has 1 heterocycles. The lowest BCUT2D eigenvalue weighted by Gasteiger charge is -2.09. The van der Waals surface area contributed by atoms with Gasteiger partial charge in [-0.25, -0.2) is 4.98 Å². The number of anilines is 1. The van der Waals surface area contributed by atoms with Crippen LogP contribution in [0, 0.1) is 17.0 Å². The van der Waals surface area contributed by atoms with E-state index in [0.29, 0.717) is 13.2 Å². The molecule has 8 heteroatoms. The van der Waals surface area contributed by atoms with Gasteiger partial charge in [0.25, 0.3) is 5.88 Å². The van der Waals surface area contributed by atoms with E-state index in [1.54, 1.807) is 14.0 Å². The lowest BCUT2D eigenvalue weighted by molar-refractivity contribution is -0.387. The summed E-state index contributed by atoms with van der Waals surface area (Å²) in [5.41, 5.74) is 0.0498. The van der Waals surface area contributed by atoms with Crippen LogP contribution in [-0.4, -0.2) is 41.8 Å². The van der Waals surface area contributed by atoms with Crippen LogP contribution in [0.3, 0.4) is 0 Å².